The van der Waals surface area contributed by atoms with Crippen LogP contribution in [0.1, 0.15) is 28.9 Å². The number of rotatable bonds is 4. The number of ether oxygens (including phenoxy) is 1. The van der Waals surface area contributed by atoms with E-state index in [0.717, 1.165) is 11.3 Å². The predicted molar refractivity (Wildman–Crippen MR) is 75.3 cm³/mol. The Kier molecular flexibility index (Phi) is 4.27. The minimum absolute atomic E-state index is 0.162. The number of halogens is 1. The van der Waals surface area contributed by atoms with Gasteiger partial charge < -0.3 is 14.5 Å². The van der Waals surface area contributed by atoms with E-state index in [2.05, 4.69) is 21.2 Å². The van der Waals surface area contributed by atoms with Gasteiger partial charge in [0.1, 0.15) is 5.75 Å². The molecule has 0 bridgehead atoms. The van der Waals surface area contributed by atoms with Crippen molar-refractivity contribution in [3.8, 4) is 5.75 Å². The van der Waals surface area contributed by atoms with Crippen LogP contribution in [0.4, 0.5) is 0 Å². The lowest BCUT2D eigenvalue weighted by Crippen LogP contribution is -2.26. The first-order valence-electron chi connectivity index (χ1n) is 5.80. The van der Waals surface area contributed by atoms with Crippen molar-refractivity contribution in [2.24, 2.45) is 0 Å². The van der Waals surface area contributed by atoms with Crippen LogP contribution in [0.2, 0.25) is 0 Å². The molecule has 5 heteroatoms. The van der Waals surface area contributed by atoms with Crippen molar-refractivity contribution in [1.82, 2.24) is 5.32 Å². The van der Waals surface area contributed by atoms with E-state index in [1.807, 2.05) is 31.2 Å². The first-order valence-corrected chi connectivity index (χ1v) is 6.59. The zero-order chi connectivity index (χ0) is 13.8. The Bertz CT molecular complexity index is 580. The highest BCUT2D eigenvalue weighted by Gasteiger charge is 2.17. The summed E-state index contributed by atoms with van der Waals surface area (Å²) in [7, 11) is 1.61. The molecule has 2 aromatic rings. The topological polar surface area (TPSA) is 51.5 Å². The Hall–Kier alpha value is -1.75. The number of carbonyl (C=O) groups is 1. The number of hydrogen-bond acceptors (Lipinski definition) is 3. The van der Waals surface area contributed by atoms with Gasteiger partial charge in [-0.15, -0.1) is 0 Å². The van der Waals surface area contributed by atoms with Crippen LogP contribution in [0, 0.1) is 0 Å². The molecule has 1 atom stereocenters. The van der Waals surface area contributed by atoms with Crippen molar-refractivity contribution in [3.63, 3.8) is 0 Å². The number of para-hydroxylation sites is 1. The fraction of sp³-hybridized carbons (Fsp3) is 0.214. The molecule has 1 heterocycles. The number of carbonyl (C=O) groups excluding carboxylic acids is 1. The highest BCUT2D eigenvalue weighted by Crippen LogP contribution is 2.25. The Morgan fingerprint density at radius 1 is 1.37 bits per heavy atom. The zero-order valence-electron chi connectivity index (χ0n) is 10.6. The number of amides is 1. The number of hydrogen-bond donors (Lipinski definition) is 1. The van der Waals surface area contributed by atoms with Crippen molar-refractivity contribution in [1.29, 1.82) is 0 Å². The summed E-state index contributed by atoms with van der Waals surface area (Å²) < 4.78 is 10.8. The van der Waals surface area contributed by atoms with Gasteiger partial charge in [-0.1, -0.05) is 18.2 Å². The van der Waals surface area contributed by atoms with Gasteiger partial charge >= 0.3 is 0 Å². The molecule has 1 aromatic heterocycles. The lowest BCUT2D eigenvalue weighted by Gasteiger charge is -2.16. The van der Waals surface area contributed by atoms with Gasteiger partial charge in [0.2, 0.25) is 0 Å². The van der Waals surface area contributed by atoms with E-state index in [1.165, 1.54) is 6.26 Å². The third-order valence-corrected chi connectivity index (χ3v) is 3.43. The van der Waals surface area contributed by atoms with E-state index < -0.39 is 0 Å². The summed E-state index contributed by atoms with van der Waals surface area (Å²) in [5.74, 6) is 0.556. The molecule has 4 nitrogen and oxygen atoms in total. The van der Waals surface area contributed by atoms with Gasteiger partial charge in [0, 0.05) is 5.56 Å². The van der Waals surface area contributed by atoms with Gasteiger partial charge in [-0.3, -0.25) is 4.79 Å². The minimum Gasteiger partial charge on any atom is -0.496 e. The maximum atomic E-state index is 12.1. The molecule has 0 aliphatic rings. The summed E-state index contributed by atoms with van der Waals surface area (Å²) in [4.78, 5) is 12.1. The summed E-state index contributed by atoms with van der Waals surface area (Å²) in [5, 5.41) is 2.91. The fourth-order valence-electron chi connectivity index (χ4n) is 1.83. The lowest BCUT2D eigenvalue weighted by atomic mass is 10.1. The standard InChI is InChI=1S/C14H14BrNO3/c1-9(10-5-3-4-6-12(10)18-2)16-14(17)11-7-8-19-13(11)15/h3-9H,1-2H3,(H,16,17). The SMILES string of the molecule is COc1ccccc1C(C)NC(=O)c1ccoc1Br. The van der Waals surface area contributed by atoms with Crippen molar-refractivity contribution in [2.45, 2.75) is 13.0 Å². The molecule has 1 amide bonds. The van der Waals surface area contributed by atoms with Gasteiger partial charge in [-0.2, -0.15) is 0 Å². The Morgan fingerprint density at radius 2 is 2.11 bits per heavy atom. The highest BCUT2D eigenvalue weighted by atomic mass is 79.9. The number of methoxy groups -OCH3 is 1. The number of benzene rings is 1. The van der Waals surface area contributed by atoms with Crippen molar-refractivity contribution < 1.29 is 13.9 Å². The molecular formula is C14H14BrNO3. The second-order valence-electron chi connectivity index (χ2n) is 4.05. The summed E-state index contributed by atoms with van der Waals surface area (Å²) in [6.45, 7) is 1.91. The van der Waals surface area contributed by atoms with E-state index in [1.54, 1.807) is 13.2 Å². The van der Waals surface area contributed by atoms with Gasteiger partial charge in [-0.05, 0) is 35.0 Å². The fourth-order valence-corrected chi connectivity index (χ4v) is 2.25. The smallest absolute Gasteiger partial charge is 0.256 e. The number of nitrogens with one attached hydrogen (secondary N) is 1. The van der Waals surface area contributed by atoms with E-state index in [4.69, 9.17) is 9.15 Å². The molecule has 100 valence electrons. The first kappa shape index (κ1) is 13.7. The largest absolute Gasteiger partial charge is 0.496 e. The Morgan fingerprint density at radius 3 is 2.74 bits per heavy atom. The van der Waals surface area contributed by atoms with E-state index >= 15 is 0 Å². The van der Waals surface area contributed by atoms with Crippen LogP contribution in [-0.4, -0.2) is 13.0 Å². The normalized spacial score (nSPS) is 11.9. The quantitative estimate of drug-likeness (QED) is 0.936. The average molecular weight is 324 g/mol. The molecule has 0 aliphatic heterocycles. The Labute approximate surface area is 119 Å². The van der Waals surface area contributed by atoms with Crippen LogP contribution in [0.15, 0.2) is 45.7 Å². The molecule has 0 aliphatic carbocycles. The Balaban J connectivity index is 2.15. The first-order chi connectivity index (χ1) is 9.13. The average Bonchev–Trinajstić information content (AvgIpc) is 2.85. The summed E-state index contributed by atoms with van der Waals surface area (Å²) in [5.41, 5.74) is 1.40. The van der Waals surface area contributed by atoms with Crippen LogP contribution < -0.4 is 10.1 Å². The summed E-state index contributed by atoms with van der Waals surface area (Å²) >= 11 is 3.19. The minimum atomic E-state index is -0.195. The summed E-state index contributed by atoms with van der Waals surface area (Å²) in [6.07, 6.45) is 1.47. The zero-order valence-corrected chi connectivity index (χ0v) is 12.2. The number of furan rings is 1. The van der Waals surface area contributed by atoms with Crippen LogP contribution >= 0.6 is 15.9 Å². The maximum absolute atomic E-state index is 12.1. The van der Waals surface area contributed by atoms with Gasteiger partial charge in [0.15, 0.2) is 4.67 Å². The molecule has 0 saturated carbocycles. The van der Waals surface area contributed by atoms with Crippen LogP contribution in [0.25, 0.3) is 0 Å². The van der Waals surface area contributed by atoms with Crippen LogP contribution in [-0.2, 0) is 0 Å². The van der Waals surface area contributed by atoms with Crippen molar-refractivity contribution >= 4 is 21.8 Å². The second kappa shape index (κ2) is 5.93. The molecule has 0 spiro atoms. The van der Waals surface area contributed by atoms with E-state index in [-0.39, 0.29) is 11.9 Å². The molecule has 1 N–H and O–H groups in total. The molecule has 0 fully saturated rings. The third-order valence-electron chi connectivity index (χ3n) is 2.82. The summed E-state index contributed by atoms with van der Waals surface area (Å²) in [6, 6.07) is 9.05. The van der Waals surface area contributed by atoms with Gasteiger partial charge in [0.05, 0.1) is 25.0 Å². The molecule has 2 rings (SSSR count). The van der Waals surface area contributed by atoms with Crippen LogP contribution in [0.5, 0.6) is 5.75 Å². The molecule has 1 unspecified atom stereocenters. The van der Waals surface area contributed by atoms with Crippen LogP contribution in [0.3, 0.4) is 0 Å². The maximum Gasteiger partial charge on any atom is 0.256 e. The molecular weight excluding hydrogens is 310 g/mol. The van der Waals surface area contributed by atoms with E-state index in [0.29, 0.717) is 10.2 Å². The predicted octanol–water partition coefficient (Wildman–Crippen LogP) is 3.54. The van der Waals surface area contributed by atoms with Crippen molar-refractivity contribution in [2.75, 3.05) is 7.11 Å². The molecule has 19 heavy (non-hydrogen) atoms. The van der Waals surface area contributed by atoms with Crippen molar-refractivity contribution in [3.05, 3.63) is 52.4 Å². The molecule has 0 saturated heterocycles. The highest BCUT2D eigenvalue weighted by molar-refractivity contribution is 9.10. The second-order valence-corrected chi connectivity index (χ2v) is 4.77. The lowest BCUT2D eigenvalue weighted by molar-refractivity contribution is 0.0938. The molecule has 0 radical (unpaired) electrons. The monoisotopic (exact) mass is 323 g/mol. The van der Waals surface area contributed by atoms with E-state index in [9.17, 15) is 4.79 Å². The van der Waals surface area contributed by atoms with Gasteiger partial charge in [0.25, 0.3) is 5.91 Å². The third kappa shape index (κ3) is 2.98. The molecule has 1 aromatic carbocycles. The van der Waals surface area contributed by atoms with Gasteiger partial charge in [-0.25, -0.2) is 0 Å².